The molecule has 154 valence electrons. The fourth-order valence-electron chi connectivity index (χ4n) is 2.75. The quantitative estimate of drug-likeness (QED) is 0.789. The summed E-state index contributed by atoms with van der Waals surface area (Å²) in [7, 11) is 1.58. The first-order chi connectivity index (χ1) is 13.6. The number of thioether (sulfide) groups is 1. The molecule has 0 saturated carbocycles. The molecule has 2 aromatic rings. The van der Waals surface area contributed by atoms with Gasteiger partial charge in [0.25, 0.3) is 5.24 Å². The number of carbonyl (C=O) groups excluding carboxylic acids is 3. The van der Waals surface area contributed by atoms with Crippen LogP contribution in [0, 0.1) is 0 Å². The highest BCUT2D eigenvalue weighted by Gasteiger charge is 2.26. The number of carbonyl (C=O) groups is 3. The van der Waals surface area contributed by atoms with Crippen LogP contribution in [0.3, 0.4) is 0 Å². The van der Waals surface area contributed by atoms with Crippen LogP contribution in [0.15, 0.2) is 54.6 Å². The Bertz CT molecular complexity index is 841. The number of methoxy groups -OCH3 is 1. The second-order valence-electron chi connectivity index (χ2n) is 6.15. The standard InChI is InChI=1S/C20H21N3O4S.ClH/c1-27-17-9-7-16(8-10-17)21-19(25)22-11-13-23(14-12-22)20(26)28-18(24)15-5-3-2-4-6-15;/h2-10H,11-14H2,1H3,(H,21,25);1H. The van der Waals surface area contributed by atoms with E-state index in [1.54, 1.807) is 65.4 Å². The first kappa shape index (κ1) is 22.6. The third-order valence-corrected chi connectivity index (χ3v) is 5.21. The monoisotopic (exact) mass is 435 g/mol. The van der Waals surface area contributed by atoms with Crippen molar-refractivity contribution in [3.05, 3.63) is 60.2 Å². The van der Waals surface area contributed by atoms with Crippen LogP contribution in [0.5, 0.6) is 5.75 Å². The van der Waals surface area contributed by atoms with Crippen molar-refractivity contribution in [1.29, 1.82) is 0 Å². The van der Waals surface area contributed by atoms with Gasteiger partial charge in [-0.1, -0.05) is 30.3 Å². The third-order valence-electron chi connectivity index (χ3n) is 4.36. The highest BCUT2D eigenvalue weighted by Crippen LogP contribution is 2.19. The van der Waals surface area contributed by atoms with E-state index in [1.807, 2.05) is 6.07 Å². The summed E-state index contributed by atoms with van der Waals surface area (Å²) in [6.07, 6.45) is 0. The molecule has 29 heavy (non-hydrogen) atoms. The van der Waals surface area contributed by atoms with Crippen molar-refractivity contribution in [3.63, 3.8) is 0 Å². The van der Waals surface area contributed by atoms with Gasteiger partial charge in [0.15, 0.2) is 0 Å². The number of ether oxygens (including phenoxy) is 1. The number of benzene rings is 2. The molecule has 0 aliphatic carbocycles. The summed E-state index contributed by atoms with van der Waals surface area (Å²) in [6.45, 7) is 1.61. The second kappa shape index (κ2) is 10.7. The van der Waals surface area contributed by atoms with Crippen molar-refractivity contribution in [2.24, 2.45) is 0 Å². The number of hydrogen-bond donors (Lipinski definition) is 1. The molecule has 0 bridgehead atoms. The number of nitrogens with zero attached hydrogens (tertiary/aromatic N) is 2. The first-order valence-corrected chi connectivity index (χ1v) is 9.64. The highest BCUT2D eigenvalue weighted by molar-refractivity contribution is 8.26. The average molecular weight is 436 g/mol. The van der Waals surface area contributed by atoms with E-state index in [0.29, 0.717) is 54.9 Å². The lowest BCUT2D eigenvalue weighted by Gasteiger charge is -2.34. The zero-order valence-electron chi connectivity index (χ0n) is 15.9. The topological polar surface area (TPSA) is 79.0 Å². The van der Waals surface area contributed by atoms with Crippen molar-refractivity contribution in [1.82, 2.24) is 9.80 Å². The minimum Gasteiger partial charge on any atom is -0.497 e. The molecule has 2 aromatic carbocycles. The minimum absolute atomic E-state index is 0. The maximum atomic E-state index is 12.4. The van der Waals surface area contributed by atoms with Gasteiger partial charge in [-0.25, -0.2) is 4.79 Å². The van der Waals surface area contributed by atoms with Crippen molar-refractivity contribution in [2.75, 3.05) is 38.6 Å². The summed E-state index contributed by atoms with van der Waals surface area (Å²) in [4.78, 5) is 40.1. The van der Waals surface area contributed by atoms with Gasteiger partial charge in [-0.2, -0.15) is 0 Å². The van der Waals surface area contributed by atoms with Crippen LogP contribution < -0.4 is 10.1 Å². The van der Waals surface area contributed by atoms with E-state index in [0.717, 1.165) is 0 Å². The van der Waals surface area contributed by atoms with E-state index in [4.69, 9.17) is 4.74 Å². The Labute approximate surface area is 179 Å². The molecule has 3 amide bonds. The number of rotatable bonds is 3. The van der Waals surface area contributed by atoms with E-state index >= 15 is 0 Å². The van der Waals surface area contributed by atoms with Crippen molar-refractivity contribution in [3.8, 4) is 5.75 Å². The van der Waals surface area contributed by atoms with Gasteiger partial charge in [0.1, 0.15) is 5.75 Å². The molecule has 0 spiro atoms. The average Bonchev–Trinajstić information content (AvgIpc) is 2.75. The number of hydrogen-bond acceptors (Lipinski definition) is 5. The molecule has 7 nitrogen and oxygen atoms in total. The van der Waals surface area contributed by atoms with E-state index in [-0.39, 0.29) is 28.8 Å². The van der Waals surface area contributed by atoms with Gasteiger partial charge in [0, 0.05) is 49.2 Å². The summed E-state index contributed by atoms with van der Waals surface area (Å²) in [5.74, 6) is 0.715. The van der Waals surface area contributed by atoms with Crippen LogP contribution in [0.1, 0.15) is 10.4 Å². The molecule has 3 rings (SSSR count). The van der Waals surface area contributed by atoms with Crippen LogP contribution in [-0.4, -0.2) is 59.5 Å². The summed E-state index contributed by atoms with van der Waals surface area (Å²) in [5, 5.41) is 2.27. The SMILES string of the molecule is COc1ccc(NC(=O)N2CCN(C(=O)SC(=O)c3ccccc3)CC2)cc1.Cl. The predicted octanol–water partition coefficient (Wildman–Crippen LogP) is 3.96. The zero-order chi connectivity index (χ0) is 19.9. The Morgan fingerprint density at radius 1 is 0.897 bits per heavy atom. The molecular formula is C20H22ClN3O4S. The summed E-state index contributed by atoms with van der Waals surface area (Å²) in [5.41, 5.74) is 1.17. The molecule has 1 N–H and O–H groups in total. The lowest BCUT2D eigenvalue weighted by molar-refractivity contribution is 0.108. The normalized spacial score (nSPS) is 13.3. The van der Waals surface area contributed by atoms with Gasteiger partial charge in [-0.05, 0) is 24.3 Å². The van der Waals surface area contributed by atoms with Crippen molar-refractivity contribution in [2.45, 2.75) is 0 Å². The van der Waals surface area contributed by atoms with E-state index in [9.17, 15) is 14.4 Å². The Morgan fingerprint density at radius 3 is 2.07 bits per heavy atom. The molecule has 0 atom stereocenters. The van der Waals surface area contributed by atoms with Crippen molar-refractivity contribution < 1.29 is 19.1 Å². The Kier molecular flexibility index (Phi) is 8.35. The molecule has 0 aromatic heterocycles. The third kappa shape index (κ3) is 6.13. The lowest BCUT2D eigenvalue weighted by Crippen LogP contribution is -2.51. The van der Waals surface area contributed by atoms with Gasteiger partial charge in [-0.15, -0.1) is 12.4 Å². The van der Waals surface area contributed by atoms with E-state index < -0.39 is 0 Å². The van der Waals surface area contributed by atoms with Gasteiger partial charge < -0.3 is 19.9 Å². The maximum absolute atomic E-state index is 12.4. The molecule has 9 heteroatoms. The second-order valence-corrected chi connectivity index (χ2v) is 7.08. The van der Waals surface area contributed by atoms with Gasteiger partial charge >= 0.3 is 6.03 Å². The maximum Gasteiger partial charge on any atom is 0.321 e. The Morgan fingerprint density at radius 2 is 1.48 bits per heavy atom. The number of halogens is 1. The molecule has 1 fully saturated rings. The smallest absolute Gasteiger partial charge is 0.321 e. The molecule has 1 aliphatic rings. The number of piperazine rings is 1. The number of amides is 3. The number of anilines is 1. The molecule has 1 saturated heterocycles. The summed E-state index contributed by atoms with van der Waals surface area (Å²) in [6, 6.07) is 15.6. The summed E-state index contributed by atoms with van der Waals surface area (Å²) >= 11 is 0.692. The van der Waals surface area contributed by atoms with Crippen LogP contribution in [-0.2, 0) is 0 Å². The number of urea groups is 1. The predicted molar refractivity (Wildman–Crippen MR) is 116 cm³/mol. The molecular weight excluding hydrogens is 414 g/mol. The van der Waals surface area contributed by atoms with Crippen LogP contribution in [0.2, 0.25) is 0 Å². The molecule has 1 heterocycles. The molecule has 0 unspecified atom stereocenters. The fraction of sp³-hybridized carbons (Fsp3) is 0.250. The van der Waals surface area contributed by atoms with Crippen LogP contribution in [0.25, 0.3) is 0 Å². The van der Waals surface area contributed by atoms with Gasteiger partial charge in [0.2, 0.25) is 5.12 Å². The Balaban J connectivity index is 0.00000300. The minimum atomic E-state index is -0.288. The molecule has 1 aliphatic heterocycles. The zero-order valence-corrected chi connectivity index (χ0v) is 17.5. The fourth-order valence-corrected chi connectivity index (χ4v) is 3.47. The first-order valence-electron chi connectivity index (χ1n) is 8.83. The largest absolute Gasteiger partial charge is 0.497 e. The van der Waals surface area contributed by atoms with Gasteiger partial charge in [-0.3, -0.25) is 9.59 Å². The Hall–Kier alpha value is -2.71. The molecule has 0 radical (unpaired) electrons. The lowest BCUT2D eigenvalue weighted by atomic mass is 10.2. The number of nitrogens with one attached hydrogen (secondary N) is 1. The van der Waals surface area contributed by atoms with Crippen molar-refractivity contribution >= 4 is 46.2 Å². The highest BCUT2D eigenvalue weighted by atomic mass is 35.5. The van der Waals surface area contributed by atoms with Gasteiger partial charge in [0.05, 0.1) is 7.11 Å². The van der Waals surface area contributed by atoms with Crippen LogP contribution in [0.4, 0.5) is 15.3 Å². The summed E-state index contributed by atoms with van der Waals surface area (Å²) < 4.78 is 5.09. The van der Waals surface area contributed by atoms with E-state index in [2.05, 4.69) is 5.32 Å². The van der Waals surface area contributed by atoms with E-state index in [1.165, 1.54) is 0 Å². The van der Waals surface area contributed by atoms with Crippen LogP contribution >= 0.6 is 24.2 Å².